The van der Waals surface area contributed by atoms with Crippen LogP contribution >= 0.6 is 0 Å². The summed E-state index contributed by atoms with van der Waals surface area (Å²) in [6.45, 7) is 4.58. The lowest BCUT2D eigenvalue weighted by molar-refractivity contribution is 0.0681. The average molecular weight is 551 g/mol. The predicted octanol–water partition coefficient (Wildman–Crippen LogP) is 6.43. The Balaban J connectivity index is 1.01. The highest BCUT2D eigenvalue weighted by Crippen LogP contribution is 2.33. The van der Waals surface area contributed by atoms with E-state index in [1.807, 2.05) is 6.07 Å². The first-order valence-electron chi connectivity index (χ1n) is 15.7. The van der Waals surface area contributed by atoms with E-state index in [0.717, 1.165) is 45.1 Å². The van der Waals surface area contributed by atoms with Crippen molar-refractivity contribution in [3.05, 3.63) is 58.2 Å². The summed E-state index contributed by atoms with van der Waals surface area (Å²) in [5, 5.41) is 6.98. The number of amides is 2. The lowest BCUT2D eigenvalue weighted by Crippen LogP contribution is -2.49. The van der Waals surface area contributed by atoms with Crippen LogP contribution in [0.2, 0.25) is 0 Å². The molecular formula is C33H47FN4O2. The van der Waals surface area contributed by atoms with Crippen LogP contribution in [0.15, 0.2) is 24.3 Å². The molecule has 7 heteroatoms. The molecule has 1 saturated heterocycles. The summed E-state index contributed by atoms with van der Waals surface area (Å²) < 4.78 is 14.4. The van der Waals surface area contributed by atoms with Crippen LogP contribution in [-0.4, -0.2) is 46.9 Å². The highest BCUT2D eigenvalue weighted by atomic mass is 19.1. The fourth-order valence-electron chi connectivity index (χ4n) is 7.04. The van der Waals surface area contributed by atoms with E-state index < -0.39 is 5.82 Å². The molecule has 1 aliphatic carbocycles. The molecule has 6 nitrogen and oxygen atoms in total. The number of carbonyl (C=O) groups excluding carboxylic acids is 2. The summed E-state index contributed by atoms with van der Waals surface area (Å²) in [4.78, 5) is 30.9. The summed E-state index contributed by atoms with van der Waals surface area (Å²) >= 11 is 0. The Bertz CT molecular complexity index is 1160. The molecule has 0 bridgehead atoms. The van der Waals surface area contributed by atoms with Crippen LogP contribution in [0.3, 0.4) is 0 Å². The molecule has 0 atom stereocenters. The minimum atomic E-state index is -0.401. The van der Waals surface area contributed by atoms with Crippen molar-refractivity contribution in [1.82, 2.24) is 20.5 Å². The van der Waals surface area contributed by atoms with E-state index >= 15 is 0 Å². The minimum Gasteiger partial charge on any atom is -0.354 e. The molecule has 1 saturated carbocycles. The number of fused-ring (bicyclic) bond motifs is 1. The lowest BCUT2D eigenvalue weighted by atomic mass is 9.80. The molecule has 1 aromatic carbocycles. The summed E-state index contributed by atoms with van der Waals surface area (Å²) in [5.74, 6) is -0.0237. The Morgan fingerprint density at radius 2 is 1.77 bits per heavy atom. The van der Waals surface area contributed by atoms with Gasteiger partial charge in [-0.25, -0.2) is 4.39 Å². The number of aromatic nitrogens is 1. The van der Waals surface area contributed by atoms with Gasteiger partial charge in [-0.3, -0.25) is 9.59 Å². The molecule has 3 N–H and O–H groups in total. The standard InChI is InChI=1S/C33H47FN4O2/c1-24-11-10-13-27(30(24)34)32(40)38-19-14-25(15-20-38)12-6-9-18-35-31(39)28-21-26-23-36-33(22-29(26)37-28)16-7-4-2-3-5-8-17-33/h10-11,13,21,25,36-37H,2-9,12,14-20,22-23H2,1H3,(H,35,39). The van der Waals surface area contributed by atoms with Gasteiger partial charge in [0.25, 0.3) is 11.8 Å². The normalized spacial score (nSPS) is 19.9. The summed E-state index contributed by atoms with van der Waals surface area (Å²) in [6.07, 6.45) is 16.5. The number of nitrogens with zero attached hydrogens (tertiary/aromatic N) is 1. The SMILES string of the molecule is Cc1cccc(C(=O)N2CCC(CCCCNC(=O)c3cc4c([nH]3)CC3(CCCCCCCC3)NC4)CC2)c1F. The molecule has 3 aliphatic rings. The number of hydrogen-bond donors (Lipinski definition) is 3. The average Bonchev–Trinajstić information content (AvgIpc) is 3.42. The fraction of sp³-hybridized carbons (Fsp3) is 0.636. The second-order valence-corrected chi connectivity index (χ2v) is 12.5. The highest BCUT2D eigenvalue weighted by Gasteiger charge is 2.35. The van der Waals surface area contributed by atoms with Crippen molar-refractivity contribution < 1.29 is 14.0 Å². The maximum atomic E-state index is 14.4. The van der Waals surface area contributed by atoms with Gasteiger partial charge in [-0.05, 0) is 68.2 Å². The van der Waals surface area contributed by atoms with Gasteiger partial charge in [-0.2, -0.15) is 0 Å². The third-order valence-corrected chi connectivity index (χ3v) is 9.61. The predicted molar refractivity (Wildman–Crippen MR) is 157 cm³/mol. The second-order valence-electron chi connectivity index (χ2n) is 12.5. The van der Waals surface area contributed by atoms with Crippen LogP contribution in [0, 0.1) is 18.7 Å². The van der Waals surface area contributed by atoms with E-state index in [4.69, 9.17) is 0 Å². The number of carbonyl (C=O) groups is 2. The third kappa shape index (κ3) is 6.96. The smallest absolute Gasteiger partial charge is 0.267 e. The Morgan fingerprint density at radius 1 is 1.05 bits per heavy atom. The Labute approximate surface area is 238 Å². The van der Waals surface area contributed by atoms with Gasteiger partial charge in [0.15, 0.2) is 0 Å². The van der Waals surface area contributed by atoms with Crippen molar-refractivity contribution in [1.29, 1.82) is 0 Å². The number of halogens is 1. The van der Waals surface area contributed by atoms with Crippen molar-refractivity contribution in [3.8, 4) is 0 Å². The number of benzene rings is 1. The Morgan fingerprint density at radius 3 is 2.52 bits per heavy atom. The number of unbranched alkanes of at least 4 members (excludes halogenated alkanes) is 1. The van der Waals surface area contributed by atoms with Gasteiger partial charge in [0.05, 0.1) is 5.56 Å². The molecule has 2 aromatic rings. The first kappa shape index (κ1) is 28.8. The van der Waals surface area contributed by atoms with Crippen LogP contribution in [-0.2, 0) is 13.0 Å². The van der Waals surface area contributed by atoms with E-state index in [1.165, 1.54) is 62.6 Å². The largest absolute Gasteiger partial charge is 0.354 e. The molecular weight excluding hydrogens is 503 g/mol. The van der Waals surface area contributed by atoms with Crippen molar-refractivity contribution in [2.45, 2.75) is 109 Å². The van der Waals surface area contributed by atoms with Crippen LogP contribution in [0.25, 0.3) is 0 Å². The quantitative estimate of drug-likeness (QED) is 0.348. The van der Waals surface area contributed by atoms with Gasteiger partial charge in [-0.1, -0.05) is 63.5 Å². The number of nitrogens with one attached hydrogen (secondary N) is 3. The van der Waals surface area contributed by atoms with E-state index in [-0.39, 0.29) is 22.9 Å². The number of piperidine rings is 1. The van der Waals surface area contributed by atoms with Gasteiger partial charge < -0.3 is 20.5 Å². The molecule has 1 spiro atoms. The molecule has 1 aromatic heterocycles. The zero-order chi connectivity index (χ0) is 28.0. The van der Waals surface area contributed by atoms with E-state index in [1.54, 1.807) is 30.0 Å². The third-order valence-electron chi connectivity index (χ3n) is 9.61. The molecule has 2 aliphatic heterocycles. The van der Waals surface area contributed by atoms with Gasteiger partial charge in [0.2, 0.25) is 0 Å². The maximum Gasteiger partial charge on any atom is 0.267 e. The highest BCUT2D eigenvalue weighted by molar-refractivity contribution is 5.94. The maximum absolute atomic E-state index is 14.4. The first-order chi connectivity index (χ1) is 19.4. The lowest BCUT2D eigenvalue weighted by Gasteiger charge is -2.38. The van der Waals surface area contributed by atoms with Gasteiger partial charge in [0.1, 0.15) is 11.5 Å². The topological polar surface area (TPSA) is 77.2 Å². The molecule has 0 unspecified atom stereocenters. The summed E-state index contributed by atoms with van der Waals surface area (Å²) in [7, 11) is 0. The van der Waals surface area contributed by atoms with E-state index in [0.29, 0.717) is 36.8 Å². The molecule has 5 rings (SSSR count). The van der Waals surface area contributed by atoms with Crippen molar-refractivity contribution in [3.63, 3.8) is 0 Å². The molecule has 218 valence electrons. The number of aryl methyl sites for hydroxylation is 1. The number of H-pyrrole nitrogens is 1. The molecule has 0 radical (unpaired) electrons. The van der Waals surface area contributed by atoms with Crippen molar-refractivity contribution in [2.75, 3.05) is 19.6 Å². The number of likely N-dealkylation sites (tertiary alicyclic amines) is 1. The van der Waals surface area contributed by atoms with Crippen molar-refractivity contribution >= 4 is 11.8 Å². The Kier molecular flexibility index (Phi) is 9.61. The van der Waals surface area contributed by atoms with Gasteiger partial charge in [0, 0.05) is 43.8 Å². The molecule has 3 heterocycles. The fourth-order valence-corrected chi connectivity index (χ4v) is 7.04. The molecule has 2 fully saturated rings. The molecule has 2 amide bonds. The summed E-state index contributed by atoms with van der Waals surface area (Å²) in [5.41, 5.74) is 4.06. The summed E-state index contributed by atoms with van der Waals surface area (Å²) in [6, 6.07) is 7.06. The van der Waals surface area contributed by atoms with Crippen LogP contribution in [0.1, 0.15) is 121 Å². The van der Waals surface area contributed by atoms with Gasteiger partial charge >= 0.3 is 0 Å². The van der Waals surface area contributed by atoms with Crippen molar-refractivity contribution in [2.24, 2.45) is 5.92 Å². The first-order valence-corrected chi connectivity index (χ1v) is 15.7. The number of rotatable bonds is 7. The number of aromatic amines is 1. The number of hydrogen-bond acceptors (Lipinski definition) is 3. The van der Waals surface area contributed by atoms with Crippen LogP contribution in [0.5, 0.6) is 0 Å². The second kappa shape index (κ2) is 13.3. The minimum absolute atomic E-state index is 0.00637. The monoisotopic (exact) mass is 550 g/mol. The van der Waals surface area contributed by atoms with E-state index in [9.17, 15) is 14.0 Å². The zero-order valence-electron chi connectivity index (χ0n) is 24.3. The van der Waals surface area contributed by atoms with Crippen LogP contribution in [0.4, 0.5) is 4.39 Å². The van der Waals surface area contributed by atoms with E-state index in [2.05, 4.69) is 15.6 Å². The Hall–Kier alpha value is -2.67. The van der Waals surface area contributed by atoms with Gasteiger partial charge in [-0.15, -0.1) is 0 Å². The zero-order valence-corrected chi connectivity index (χ0v) is 24.3. The van der Waals surface area contributed by atoms with Crippen LogP contribution < -0.4 is 10.6 Å². The molecule has 40 heavy (non-hydrogen) atoms.